The van der Waals surface area contributed by atoms with Gasteiger partial charge in [0.05, 0.1) is 13.0 Å². The van der Waals surface area contributed by atoms with Gasteiger partial charge in [-0.2, -0.15) is 13.2 Å². The number of carbonyl (C=O) groups is 1. The van der Waals surface area contributed by atoms with Gasteiger partial charge in [-0.05, 0) is 41.7 Å². The fourth-order valence-corrected chi connectivity index (χ4v) is 2.14. The van der Waals surface area contributed by atoms with Gasteiger partial charge in [0.2, 0.25) is 5.78 Å². The van der Waals surface area contributed by atoms with E-state index in [1.165, 1.54) is 0 Å². The molecule has 0 spiro atoms. The average Bonchev–Trinajstić information content (AvgIpc) is 2.64. The Hall–Kier alpha value is -3.18. The lowest BCUT2D eigenvalue weighted by Crippen LogP contribution is -2.24. The summed E-state index contributed by atoms with van der Waals surface area (Å²) in [5.41, 5.74) is 1.24. The molecule has 0 aromatic heterocycles. The summed E-state index contributed by atoms with van der Waals surface area (Å²) in [4.78, 5) is 11.3. The maximum Gasteiger partial charge on any atom is 0.450 e. The van der Waals surface area contributed by atoms with Crippen molar-refractivity contribution in [1.29, 1.82) is 0 Å². The maximum atomic E-state index is 12.6. The summed E-state index contributed by atoms with van der Waals surface area (Å²) in [6.45, 7) is 0. The number of methoxy groups -OCH3 is 1. The topological polar surface area (TPSA) is 26.3 Å². The van der Waals surface area contributed by atoms with Gasteiger partial charge in [0, 0.05) is 12.0 Å². The van der Waals surface area contributed by atoms with E-state index in [4.69, 9.17) is 4.74 Å². The maximum absolute atomic E-state index is 12.6. The van der Waals surface area contributed by atoms with Crippen LogP contribution in [0.5, 0.6) is 5.75 Å². The summed E-state index contributed by atoms with van der Waals surface area (Å²) < 4.78 is 42.7. The van der Waals surface area contributed by atoms with Crippen LogP contribution >= 0.6 is 0 Å². The van der Waals surface area contributed by atoms with Gasteiger partial charge in [0.25, 0.3) is 0 Å². The molecular formula is C21H15F3O2. The minimum Gasteiger partial charge on any atom is -0.497 e. The van der Waals surface area contributed by atoms with Crippen molar-refractivity contribution in [1.82, 2.24) is 0 Å². The first kappa shape index (κ1) is 19.1. The number of rotatable bonds is 4. The molecule has 0 saturated heterocycles. The molecule has 132 valence electrons. The number of ketones is 1. The first-order chi connectivity index (χ1) is 12.4. The van der Waals surface area contributed by atoms with Crippen LogP contribution in [0.1, 0.15) is 23.5 Å². The third-order valence-corrected chi connectivity index (χ3v) is 3.51. The highest BCUT2D eigenvalue weighted by molar-refractivity contribution is 5.85. The second-order valence-electron chi connectivity index (χ2n) is 5.34. The fraction of sp³-hybridized carbons (Fsp3) is 0.190. The van der Waals surface area contributed by atoms with Gasteiger partial charge in [-0.1, -0.05) is 42.2 Å². The van der Waals surface area contributed by atoms with Crippen LogP contribution in [0.2, 0.25) is 0 Å². The molecule has 0 saturated carbocycles. The van der Waals surface area contributed by atoms with Crippen LogP contribution in [0.15, 0.2) is 54.6 Å². The van der Waals surface area contributed by atoms with Crippen molar-refractivity contribution in [2.75, 3.05) is 7.11 Å². The quantitative estimate of drug-likeness (QED) is 0.761. The van der Waals surface area contributed by atoms with Gasteiger partial charge < -0.3 is 4.74 Å². The molecule has 1 atom stereocenters. The monoisotopic (exact) mass is 356 g/mol. The summed E-state index contributed by atoms with van der Waals surface area (Å²) >= 11 is 0. The van der Waals surface area contributed by atoms with Crippen molar-refractivity contribution in [2.45, 2.75) is 18.5 Å². The molecule has 0 unspecified atom stereocenters. The van der Waals surface area contributed by atoms with Crippen molar-refractivity contribution in [3.63, 3.8) is 0 Å². The van der Waals surface area contributed by atoms with Gasteiger partial charge in [-0.15, -0.1) is 0 Å². The Bertz CT molecular complexity index is 861. The Balaban J connectivity index is 2.19. The second kappa shape index (κ2) is 8.78. The standard InChI is InChI=1S/C21H15F3O2/c1-26-19-13-11-16(12-14-19)7-5-6-10-18(15-20(25)21(22,23)24)17-8-3-2-4-9-17/h2-4,8-9,11-14,18H,15H2,1H3/t18-/m1/s1. The fourth-order valence-electron chi connectivity index (χ4n) is 2.14. The highest BCUT2D eigenvalue weighted by Crippen LogP contribution is 2.25. The number of carbonyl (C=O) groups excluding carboxylic acids is 1. The Kier molecular flexibility index (Phi) is 6.47. The minimum absolute atomic E-state index is 0.545. The van der Waals surface area contributed by atoms with Crippen LogP contribution in [0.25, 0.3) is 0 Å². The number of ether oxygens (including phenoxy) is 1. The SMILES string of the molecule is COc1ccc(C#CC#C[C@H](CC(=O)C(F)(F)F)c2ccccc2)cc1. The highest BCUT2D eigenvalue weighted by Gasteiger charge is 2.39. The lowest BCUT2D eigenvalue weighted by atomic mass is 9.94. The molecule has 0 bridgehead atoms. The van der Waals surface area contributed by atoms with E-state index in [1.54, 1.807) is 61.7 Å². The molecule has 2 rings (SSSR count). The predicted octanol–water partition coefficient (Wildman–Crippen LogP) is 4.36. The van der Waals surface area contributed by atoms with Crippen LogP contribution in [0.3, 0.4) is 0 Å². The van der Waals surface area contributed by atoms with Gasteiger partial charge in [0.1, 0.15) is 5.75 Å². The number of halogens is 3. The summed E-state index contributed by atoms with van der Waals surface area (Å²) in [6.07, 6.45) is -5.60. The van der Waals surface area contributed by atoms with Crippen molar-refractivity contribution < 1.29 is 22.7 Å². The number of alkyl halides is 3. The molecule has 2 aromatic rings. The molecule has 0 aliphatic carbocycles. The first-order valence-electron chi connectivity index (χ1n) is 7.70. The van der Waals surface area contributed by atoms with E-state index >= 15 is 0 Å². The van der Waals surface area contributed by atoms with E-state index in [0.29, 0.717) is 16.9 Å². The lowest BCUT2D eigenvalue weighted by Gasteiger charge is -2.11. The third-order valence-electron chi connectivity index (χ3n) is 3.51. The van der Waals surface area contributed by atoms with Gasteiger partial charge in [-0.25, -0.2) is 0 Å². The van der Waals surface area contributed by atoms with Crippen LogP contribution in [-0.4, -0.2) is 19.1 Å². The van der Waals surface area contributed by atoms with Crippen molar-refractivity contribution in [3.05, 3.63) is 65.7 Å². The minimum atomic E-state index is -4.87. The van der Waals surface area contributed by atoms with Crippen LogP contribution in [0.4, 0.5) is 13.2 Å². The zero-order valence-corrected chi connectivity index (χ0v) is 13.9. The first-order valence-corrected chi connectivity index (χ1v) is 7.70. The molecular weight excluding hydrogens is 341 g/mol. The van der Waals surface area contributed by atoms with E-state index in [-0.39, 0.29) is 0 Å². The molecule has 2 aromatic carbocycles. The van der Waals surface area contributed by atoms with Crippen molar-refractivity contribution in [3.8, 4) is 29.4 Å². The van der Waals surface area contributed by atoms with Gasteiger partial charge in [-0.3, -0.25) is 4.79 Å². The Labute approximate surface area is 150 Å². The Morgan fingerprint density at radius 3 is 2.27 bits per heavy atom. The molecule has 0 amide bonds. The molecule has 0 heterocycles. The van der Waals surface area contributed by atoms with Crippen LogP contribution in [0, 0.1) is 23.7 Å². The van der Waals surface area contributed by atoms with Crippen molar-refractivity contribution >= 4 is 5.78 Å². The normalized spacial score (nSPS) is 11.4. The molecule has 0 radical (unpaired) electrons. The zero-order valence-electron chi connectivity index (χ0n) is 13.9. The van der Waals surface area contributed by atoms with Crippen LogP contribution < -0.4 is 4.74 Å². The number of Topliss-reactive ketones (excluding diaryl/α,β-unsaturated/α-hetero) is 1. The Morgan fingerprint density at radius 1 is 1.04 bits per heavy atom. The molecule has 2 nitrogen and oxygen atoms in total. The lowest BCUT2D eigenvalue weighted by molar-refractivity contribution is -0.171. The molecule has 5 heteroatoms. The summed E-state index contributed by atoms with van der Waals surface area (Å²) in [6, 6.07) is 15.4. The second-order valence-corrected chi connectivity index (χ2v) is 5.34. The number of benzene rings is 2. The smallest absolute Gasteiger partial charge is 0.450 e. The van der Waals surface area contributed by atoms with Gasteiger partial charge >= 0.3 is 6.18 Å². The molecule has 0 aliphatic heterocycles. The number of hydrogen-bond acceptors (Lipinski definition) is 2. The molecule has 26 heavy (non-hydrogen) atoms. The number of hydrogen-bond donors (Lipinski definition) is 0. The average molecular weight is 356 g/mol. The predicted molar refractivity (Wildman–Crippen MR) is 92.5 cm³/mol. The van der Waals surface area contributed by atoms with E-state index < -0.39 is 24.3 Å². The van der Waals surface area contributed by atoms with Gasteiger partial charge in [0.15, 0.2) is 0 Å². The van der Waals surface area contributed by atoms with Crippen molar-refractivity contribution in [2.24, 2.45) is 0 Å². The highest BCUT2D eigenvalue weighted by atomic mass is 19.4. The summed E-state index contributed by atoms with van der Waals surface area (Å²) in [5, 5.41) is 0. The molecule has 0 fully saturated rings. The van der Waals surface area contributed by atoms with Crippen LogP contribution in [-0.2, 0) is 4.79 Å². The van der Waals surface area contributed by atoms with E-state index in [9.17, 15) is 18.0 Å². The zero-order chi connectivity index (χ0) is 19.0. The molecule has 0 aliphatic rings. The van der Waals surface area contributed by atoms with E-state index in [2.05, 4.69) is 23.7 Å². The molecule has 0 N–H and O–H groups in total. The summed E-state index contributed by atoms with van der Waals surface area (Å²) in [7, 11) is 1.55. The largest absolute Gasteiger partial charge is 0.497 e. The summed E-state index contributed by atoms with van der Waals surface area (Å²) in [5.74, 6) is 8.65. The van der Waals surface area contributed by atoms with E-state index in [1.807, 2.05) is 0 Å². The third kappa shape index (κ3) is 5.72. The Morgan fingerprint density at radius 2 is 1.69 bits per heavy atom. The van der Waals surface area contributed by atoms with E-state index in [0.717, 1.165) is 0 Å².